The number of aromatic nitrogens is 2. The van der Waals surface area contributed by atoms with Gasteiger partial charge in [-0.2, -0.15) is 5.10 Å². The van der Waals surface area contributed by atoms with Gasteiger partial charge in [0, 0.05) is 10.9 Å². The molecular weight excluding hydrogens is 376 g/mol. The van der Waals surface area contributed by atoms with Gasteiger partial charge in [0.25, 0.3) is 0 Å². The van der Waals surface area contributed by atoms with E-state index in [1.807, 2.05) is 6.07 Å². The summed E-state index contributed by atoms with van der Waals surface area (Å²) in [5.41, 5.74) is 11.0. The third-order valence-corrected chi connectivity index (χ3v) is 6.47. The second kappa shape index (κ2) is 6.16. The van der Waals surface area contributed by atoms with Crippen molar-refractivity contribution in [2.45, 2.75) is 0 Å². The molecule has 1 aliphatic carbocycles. The van der Waals surface area contributed by atoms with Crippen LogP contribution in [-0.2, 0) is 0 Å². The molecule has 7 rings (SSSR count). The lowest BCUT2D eigenvalue weighted by molar-refractivity contribution is 1.12. The van der Waals surface area contributed by atoms with E-state index in [1.165, 1.54) is 44.2 Å². The third kappa shape index (κ3) is 2.30. The highest BCUT2D eigenvalue weighted by molar-refractivity contribution is 6.18. The van der Waals surface area contributed by atoms with Gasteiger partial charge in [0.15, 0.2) is 0 Å². The second-order valence-electron chi connectivity index (χ2n) is 8.13. The van der Waals surface area contributed by atoms with Crippen LogP contribution in [0.1, 0.15) is 0 Å². The Labute approximate surface area is 179 Å². The smallest absolute Gasteiger partial charge is 0.0999 e. The summed E-state index contributed by atoms with van der Waals surface area (Å²) in [5.74, 6) is 0. The first-order valence-electron chi connectivity index (χ1n) is 10.6. The topological polar surface area (TPSA) is 28.7 Å². The molecule has 0 saturated carbocycles. The maximum atomic E-state index is 4.60. The van der Waals surface area contributed by atoms with E-state index in [-0.39, 0.29) is 0 Å². The maximum absolute atomic E-state index is 4.60. The molecule has 6 aromatic rings. The molecule has 0 spiro atoms. The number of hydrogen-bond acceptors (Lipinski definition) is 1. The van der Waals surface area contributed by atoms with Crippen molar-refractivity contribution in [3.8, 4) is 44.6 Å². The summed E-state index contributed by atoms with van der Waals surface area (Å²) < 4.78 is 0. The fraction of sp³-hybridized carbons (Fsp3) is 0. The minimum atomic E-state index is 0.996. The van der Waals surface area contributed by atoms with E-state index < -0.39 is 0 Å². The van der Waals surface area contributed by atoms with Crippen molar-refractivity contribution in [2.75, 3.05) is 0 Å². The molecule has 5 aromatic carbocycles. The van der Waals surface area contributed by atoms with Crippen LogP contribution in [0.3, 0.4) is 0 Å². The quantitative estimate of drug-likeness (QED) is 0.320. The summed E-state index contributed by atoms with van der Waals surface area (Å²) in [6.07, 6.45) is 0. The normalized spacial score (nSPS) is 11.9. The predicted molar refractivity (Wildman–Crippen MR) is 129 cm³/mol. The number of aromatic amines is 1. The van der Waals surface area contributed by atoms with Gasteiger partial charge in [0.2, 0.25) is 0 Å². The fourth-order valence-corrected chi connectivity index (χ4v) is 5.08. The number of para-hydroxylation sites is 1. The molecule has 0 saturated heterocycles. The maximum Gasteiger partial charge on any atom is 0.0999 e. The van der Waals surface area contributed by atoms with E-state index in [1.54, 1.807) is 0 Å². The van der Waals surface area contributed by atoms with Crippen LogP contribution in [0.2, 0.25) is 0 Å². The predicted octanol–water partition coefficient (Wildman–Crippen LogP) is 7.70. The van der Waals surface area contributed by atoms with Crippen LogP contribution < -0.4 is 0 Å². The summed E-state index contributed by atoms with van der Waals surface area (Å²) in [5, 5.41) is 11.6. The Hall–Kier alpha value is -4.17. The number of benzene rings is 5. The first kappa shape index (κ1) is 16.6. The Morgan fingerprint density at radius 2 is 1.13 bits per heavy atom. The molecule has 1 heterocycles. The number of hydrogen-bond donors (Lipinski definition) is 1. The molecular formula is C29H18N2. The average molecular weight is 394 g/mol. The second-order valence-corrected chi connectivity index (χ2v) is 8.13. The van der Waals surface area contributed by atoms with Crippen molar-refractivity contribution >= 4 is 21.7 Å². The lowest BCUT2D eigenvalue weighted by Gasteiger charge is -2.11. The van der Waals surface area contributed by atoms with Gasteiger partial charge in [-0.25, -0.2) is 0 Å². The number of rotatable bonds is 2. The molecule has 1 aromatic heterocycles. The van der Waals surface area contributed by atoms with Gasteiger partial charge in [-0.3, -0.25) is 5.10 Å². The molecule has 0 aliphatic heterocycles. The number of H-pyrrole nitrogens is 1. The molecule has 1 N–H and O–H groups in total. The average Bonchev–Trinajstić information content (AvgIpc) is 3.41. The van der Waals surface area contributed by atoms with Gasteiger partial charge in [0.05, 0.1) is 11.2 Å². The molecule has 2 heteroatoms. The van der Waals surface area contributed by atoms with Crippen LogP contribution in [0, 0.1) is 0 Å². The van der Waals surface area contributed by atoms with E-state index in [0.29, 0.717) is 0 Å². The molecule has 0 atom stereocenters. The van der Waals surface area contributed by atoms with Gasteiger partial charge in [-0.1, -0.05) is 91.0 Å². The fourth-order valence-electron chi connectivity index (χ4n) is 5.08. The summed E-state index contributed by atoms with van der Waals surface area (Å²) in [6.45, 7) is 0. The van der Waals surface area contributed by atoms with Gasteiger partial charge in [0.1, 0.15) is 0 Å². The summed E-state index contributed by atoms with van der Waals surface area (Å²) in [6, 6.07) is 36.9. The first-order valence-corrected chi connectivity index (χ1v) is 10.6. The van der Waals surface area contributed by atoms with E-state index in [0.717, 1.165) is 22.2 Å². The standard InChI is InChI=1S/C29H18N2/c1-2-10-22-21(9-1)24-13-6-12-23-20(15-16-25(22)28(23)24)18-7-5-8-19(17-18)29-26-11-3-4-14-27(26)30-31-29/h1-17H,(H,30,31). The number of nitrogens with one attached hydrogen (secondary N) is 1. The van der Waals surface area contributed by atoms with E-state index in [2.05, 4.69) is 107 Å². The molecule has 31 heavy (non-hydrogen) atoms. The van der Waals surface area contributed by atoms with Gasteiger partial charge in [-0.15, -0.1) is 0 Å². The van der Waals surface area contributed by atoms with Gasteiger partial charge < -0.3 is 0 Å². The summed E-state index contributed by atoms with van der Waals surface area (Å²) >= 11 is 0. The zero-order valence-corrected chi connectivity index (χ0v) is 16.8. The van der Waals surface area contributed by atoms with E-state index in [9.17, 15) is 0 Å². The molecule has 144 valence electrons. The SMILES string of the molecule is c1cc(-c2n[nH]c3ccccc23)cc(-c2ccc3c4c(cccc24)-c2ccccc2-3)c1. The largest absolute Gasteiger partial charge is 0.277 e. The van der Waals surface area contributed by atoms with Crippen LogP contribution in [0.25, 0.3) is 66.3 Å². The summed E-state index contributed by atoms with van der Waals surface area (Å²) in [7, 11) is 0. The van der Waals surface area contributed by atoms with Crippen LogP contribution in [-0.4, -0.2) is 10.2 Å². The van der Waals surface area contributed by atoms with Gasteiger partial charge in [-0.05, 0) is 56.3 Å². The Bertz CT molecular complexity index is 1610. The minimum absolute atomic E-state index is 0.996. The van der Waals surface area contributed by atoms with Crippen molar-refractivity contribution in [1.29, 1.82) is 0 Å². The van der Waals surface area contributed by atoms with E-state index >= 15 is 0 Å². The molecule has 0 unspecified atom stereocenters. The zero-order valence-electron chi connectivity index (χ0n) is 16.8. The molecule has 0 bridgehead atoms. The lowest BCUT2D eigenvalue weighted by atomic mass is 9.93. The first-order chi connectivity index (χ1) is 15.4. The van der Waals surface area contributed by atoms with Crippen LogP contribution >= 0.6 is 0 Å². The molecule has 0 fully saturated rings. The summed E-state index contributed by atoms with van der Waals surface area (Å²) in [4.78, 5) is 0. The van der Waals surface area contributed by atoms with Crippen molar-refractivity contribution < 1.29 is 0 Å². The minimum Gasteiger partial charge on any atom is -0.277 e. The van der Waals surface area contributed by atoms with Crippen LogP contribution in [0.5, 0.6) is 0 Å². The molecule has 0 radical (unpaired) electrons. The van der Waals surface area contributed by atoms with Crippen molar-refractivity contribution in [1.82, 2.24) is 10.2 Å². The van der Waals surface area contributed by atoms with E-state index in [4.69, 9.17) is 0 Å². The molecule has 0 amide bonds. The Morgan fingerprint density at radius 3 is 2.03 bits per heavy atom. The third-order valence-electron chi connectivity index (χ3n) is 6.47. The molecule has 1 aliphatic rings. The van der Waals surface area contributed by atoms with Crippen LogP contribution in [0.15, 0.2) is 103 Å². The molecule has 2 nitrogen and oxygen atoms in total. The Morgan fingerprint density at radius 1 is 0.484 bits per heavy atom. The Kier molecular flexibility index (Phi) is 3.30. The van der Waals surface area contributed by atoms with Crippen LogP contribution in [0.4, 0.5) is 0 Å². The van der Waals surface area contributed by atoms with Crippen molar-refractivity contribution in [3.63, 3.8) is 0 Å². The highest BCUT2D eigenvalue weighted by Crippen LogP contribution is 2.49. The highest BCUT2D eigenvalue weighted by atomic mass is 15.1. The van der Waals surface area contributed by atoms with Gasteiger partial charge >= 0.3 is 0 Å². The number of fused-ring (bicyclic) bond motifs is 4. The van der Waals surface area contributed by atoms with Crippen molar-refractivity contribution in [3.05, 3.63) is 103 Å². The monoisotopic (exact) mass is 394 g/mol. The number of nitrogens with zero attached hydrogens (tertiary/aromatic N) is 1. The Balaban J connectivity index is 1.45. The zero-order chi connectivity index (χ0) is 20.4. The highest BCUT2D eigenvalue weighted by Gasteiger charge is 2.22. The van der Waals surface area contributed by atoms with Crippen molar-refractivity contribution in [2.24, 2.45) is 0 Å². The lowest BCUT2D eigenvalue weighted by Crippen LogP contribution is -1.85.